The Bertz CT molecular complexity index is 1250. The van der Waals surface area contributed by atoms with E-state index in [0.717, 1.165) is 5.56 Å². The number of hydrogen-bond donors (Lipinski definition) is 1. The van der Waals surface area contributed by atoms with E-state index in [4.69, 9.17) is 16.3 Å². The molecule has 2 heterocycles. The van der Waals surface area contributed by atoms with Crippen LogP contribution in [-0.2, 0) is 13.3 Å². The fraction of sp³-hybridized carbons (Fsp3) is 0.0952. The third kappa shape index (κ3) is 5.10. The molecule has 11 heteroatoms. The Hall–Kier alpha value is -4.18. The van der Waals surface area contributed by atoms with Crippen molar-refractivity contribution in [3.8, 4) is 5.75 Å². The first-order chi connectivity index (χ1) is 15.5. The Kier molecular flexibility index (Phi) is 6.13. The van der Waals surface area contributed by atoms with Gasteiger partial charge in [0.2, 0.25) is 0 Å². The Labute approximate surface area is 187 Å². The summed E-state index contributed by atoms with van der Waals surface area (Å²) in [6.45, 7) is 0.446. The molecule has 0 fully saturated rings. The maximum absolute atomic E-state index is 12.5. The molecule has 2 aromatic carbocycles. The second-order valence-electron chi connectivity index (χ2n) is 6.75. The number of rotatable bonds is 8. The van der Waals surface area contributed by atoms with Crippen LogP contribution in [0.5, 0.6) is 5.75 Å². The maximum atomic E-state index is 12.5. The fourth-order valence-electron chi connectivity index (χ4n) is 2.91. The lowest BCUT2D eigenvalue weighted by Gasteiger charge is -2.06. The Balaban J connectivity index is 1.35. The molecule has 0 radical (unpaired) electrons. The molecule has 0 unspecified atom stereocenters. The van der Waals surface area contributed by atoms with Crippen LogP contribution in [0.4, 0.5) is 11.4 Å². The van der Waals surface area contributed by atoms with Crippen molar-refractivity contribution in [2.24, 2.45) is 0 Å². The number of carbonyl (C=O) groups excluding carboxylic acids is 1. The number of nitro groups is 1. The Morgan fingerprint density at radius 3 is 2.69 bits per heavy atom. The Morgan fingerprint density at radius 1 is 1.12 bits per heavy atom. The molecular formula is C21H17ClN6O4. The topological polar surface area (TPSA) is 117 Å². The van der Waals surface area contributed by atoms with Crippen LogP contribution in [0.1, 0.15) is 16.1 Å². The maximum Gasteiger partial charge on any atom is 0.311 e. The van der Waals surface area contributed by atoms with Crippen LogP contribution in [0.15, 0.2) is 73.2 Å². The molecular weight excluding hydrogens is 436 g/mol. The van der Waals surface area contributed by atoms with E-state index in [1.807, 2.05) is 12.1 Å². The molecule has 0 aliphatic heterocycles. The number of nitrogens with one attached hydrogen (secondary N) is 1. The van der Waals surface area contributed by atoms with Gasteiger partial charge in [-0.15, -0.1) is 0 Å². The number of nitro benzene ring substituents is 1. The van der Waals surface area contributed by atoms with Crippen LogP contribution in [0.25, 0.3) is 0 Å². The summed E-state index contributed by atoms with van der Waals surface area (Å²) in [5.41, 5.74) is 1.57. The van der Waals surface area contributed by atoms with Gasteiger partial charge in [-0.1, -0.05) is 35.9 Å². The van der Waals surface area contributed by atoms with Gasteiger partial charge in [0.05, 0.1) is 23.4 Å². The molecule has 4 rings (SSSR count). The van der Waals surface area contributed by atoms with E-state index >= 15 is 0 Å². The minimum absolute atomic E-state index is 0.0862. The number of ether oxygens (including phenoxy) is 1. The molecule has 0 saturated heterocycles. The van der Waals surface area contributed by atoms with Crippen LogP contribution >= 0.6 is 11.6 Å². The zero-order valence-electron chi connectivity index (χ0n) is 16.6. The van der Waals surface area contributed by atoms with Crippen LogP contribution in [0.2, 0.25) is 5.02 Å². The number of hydrogen-bond acceptors (Lipinski definition) is 6. The van der Waals surface area contributed by atoms with Gasteiger partial charge in [0.1, 0.15) is 0 Å². The van der Waals surface area contributed by atoms with Crippen molar-refractivity contribution in [2.75, 3.05) is 5.32 Å². The van der Waals surface area contributed by atoms with Gasteiger partial charge in [0.25, 0.3) is 5.91 Å². The number of carbonyl (C=O) groups is 1. The number of halogens is 1. The highest BCUT2D eigenvalue weighted by atomic mass is 35.5. The van der Waals surface area contributed by atoms with Gasteiger partial charge in [0.15, 0.2) is 18.2 Å². The molecule has 0 bridgehead atoms. The molecule has 0 atom stereocenters. The van der Waals surface area contributed by atoms with Crippen molar-refractivity contribution in [3.63, 3.8) is 0 Å². The summed E-state index contributed by atoms with van der Waals surface area (Å²) < 4.78 is 8.53. The SMILES string of the molecule is O=C(Nc1cnn(Cc2ccc(Cl)cc2)c1)c1ccn(COc2ccccc2[N+](=O)[O-])n1. The number of benzene rings is 2. The van der Waals surface area contributed by atoms with Gasteiger partial charge in [-0.3, -0.25) is 19.6 Å². The van der Waals surface area contributed by atoms with Crippen molar-refractivity contribution >= 4 is 28.9 Å². The molecule has 162 valence electrons. The first-order valence-electron chi connectivity index (χ1n) is 9.46. The summed E-state index contributed by atoms with van der Waals surface area (Å²) >= 11 is 5.89. The lowest BCUT2D eigenvalue weighted by molar-refractivity contribution is -0.386. The van der Waals surface area contributed by atoms with E-state index in [1.54, 1.807) is 47.5 Å². The van der Waals surface area contributed by atoms with Crippen LogP contribution in [-0.4, -0.2) is 30.4 Å². The number of para-hydroxylation sites is 2. The summed E-state index contributed by atoms with van der Waals surface area (Å²) in [7, 11) is 0. The normalized spacial score (nSPS) is 10.7. The number of nitrogens with zero attached hydrogens (tertiary/aromatic N) is 5. The predicted octanol–water partition coefficient (Wildman–Crippen LogP) is 3.98. The third-order valence-corrected chi connectivity index (χ3v) is 4.69. The van der Waals surface area contributed by atoms with E-state index < -0.39 is 10.8 Å². The van der Waals surface area contributed by atoms with Gasteiger partial charge >= 0.3 is 5.69 Å². The average molecular weight is 453 g/mol. The summed E-state index contributed by atoms with van der Waals surface area (Å²) in [6, 6.07) is 15.0. The molecule has 0 saturated carbocycles. The lowest BCUT2D eigenvalue weighted by atomic mass is 10.2. The number of amides is 1. The highest BCUT2D eigenvalue weighted by molar-refractivity contribution is 6.30. The molecule has 32 heavy (non-hydrogen) atoms. The largest absolute Gasteiger partial charge is 0.464 e. The van der Waals surface area contributed by atoms with E-state index in [0.29, 0.717) is 17.3 Å². The highest BCUT2D eigenvalue weighted by Crippen LogP contribution is 2.26. The number of aromatic nitrogens is 4. The van der Waals surface area contributed by atoms with Gasteiger partial charge in [-0.2, -0.15) is 10.2 Å². The molecule has 2 aromatic heterocycles. The molecule has 4 aromatic rings. The van der Waals surface area contributed by atoms with E-state index in [9.17, 15) is 14.9 Å². The first-order valence-corrected chi connectivity index (χ1v) is 9.83. The standard InChI is InChI=1S/C21H17ClN6O4/c22-16-7-5-15(6-8-16)12-27-13-17(11-23-27)24-21(29)18-9-10-26(25-18)14-32-20-4-2-1-3-19(20)28(30)31/h1-11,13H,12,14H2,(H,24,29). The minimum atomic E-state index is -0.523. The average Bonchev–Trinajstić information content (AvgIpc) is 3.43. The molecule has 0 aliphatic carbocycles. The molecule has 1 amide bonds. The van der Waals surface area contributed by atoms with Crippen molar-refractivity contribution in [3.05, 3.63) is 99.6 Å². The minimum Gasteiger partial charge on any atom is -0.464 e. The molecule has 1 N–H and O–H groups in total. The lowest BCUT2D eigenvalue weighted by Crippen LogP contribution is -2.14. The second kappa shape index (κ2) is 9.31. The van der Waals surface area contributed by atoms with Gasteiger partial charge in [0, 0.05) is 23.5 Å². The van der Waals surface area contributed by atoms with Crippen LogP contribution < -0.4 is 10.1 Å². The van der Waals surface area contributed by atoms with Crippen LogP contribution in [0, 0.1) is 10.1 Å². The molecule has 10 nitrogen and oxygen atoms in total. The Morgan fingerprint density at radius 2 is 1.91 bits per heavy atom. The summed E-state index contributed by atoms with van der Waals surface area (Å²) in [5, 5.41) is 22.8. The van der Waals surface area contributed by atoms with Gasteiger partial charge in [-0.05, 0) is 29.8 Å². The fourth-order valence-corrected chi connectivity index (χ4v) is 3.03. The van der Waals surface area contributed by atoms with Crippen molar-refractivity contribution in [1.82, 2.24) is 19.6 Å². The van der Waals surface area contributed by atoms with Gasteiger partial charge in [-0.25, -0.2) is 4.68 Å². The van der Waals surface area contributed by atoms with E-state index in [2.05, 4.69) is 15.5 Å². The summed E-state index contributed by atoms with van der Waals surface area (Å²) in [5.74, 6) is -0.299. The van der Waals surface area contributed by atoms with E-state index in [1.165, 1.54) is 22.9 Å². The molecule has 0 aliphatic rings. The summed E-state index contributed by atoms with van der Waals surface area (Å²) in [6.07, 6.45) is 4.80. The molecule has 0 spiro atoms. The van der Waals surface area contributed by atoms with Gasteiger partial charge < -0.3 is 10.1 Å². The highest BCUT2D eigenvalue weighted by Gasteiger charge is 2.15. The quantitative estimate of drug-likeness (QED) is 0.319. The third-order valence-electron chi connectivity index (χ3n) is 4.44. The second-order valence-corrected chi connectivity index (χ2v) is 7.18. The van der Waals surface area contributed by atoms with Crippen LogP contribution in [0.3, 0.4) is 0 Å². The smallest absolute Gasteiger partial charge is 0.311 e. The number of anilines is 1. The van der Waals surface area contributed by atoms with Crippen molar-refractivity contribution < 1.29 is 14.5 Å². The monoisotopic (exact) mass is 452 g/mol. The zero-order chi connectivity index (χ0) is 22.5. The first kappa shape index (κ1) is 21.1. The predicted molar refractivity (Wildman–Crippen MR) is 117 cm³/mol. The van der Waals surface area contributed by atoms with E-state index in [-0.39, 0.29) is 23.9 Å². The summed E-state index contributed by atoms with van der Waals surface area (Å²) in [4.78, 5) is 23.0. The van der Waals surface area contributed by atoms with Crippen molar-refractivity contribution in [1.29, 1.82) is 0 Å². The van der Waals surface area contributed by atoms with Crippen molar-refractivity contribution in [2.45, 2.75) is 13.3 Å². The zero-order valence-corrected chi connectivity index (χ0v) is 17.3.